The molecule has 0 aliphatic rings. The van der Waals surface area contributed by atoms with Gasteiger partial charge in [0.15, 0.2) is 0 Å². The predicted octanol–water partition coefficient (Wildman–Crippen LogP) is 5.52. The van der Waals surface area contributed by atoms with E-state index in [1.54, 1.807) is 0 Å². The molecule has 0 aromatic heterocycles. The molecule has 92 valence electrons. The zero-order valence-electron chi connectivity index (χ0n) is 11.8. The van der Waals surface area contributed by atoms with E-state index in [0.29, 0.717) is 0 Å². The molecule has 0 saturated heterocycles. The van der Waals surface area contributed by atoms with Crippen LogP contribution in [0.3, 0.4) is 0 Å². The van der Waals surface area contributed by atoms with Crippen molar-refractivity contribution in [3.8, 4) is 0 Å². The Kier molecular flexibility index (Phi) is 8.19. The Morgan fingerprint density at radius 1 is 0.733 bits per heavy atom. The molecule has 0 amide bonds. The van der Waals surface area contributed by atoms with Gasteiger partial charge in [-0.1, -0.05) is 67.2 Å². The standard InChI is InChI=1S/C15H32/c1-7-8-13(4)9-10-14(5)11-15(6)12(2)3/h12-15H,7-11H2,1-6H3. The summed E-state index contributed by atoms with van der Waals surface area (Å²) in [5, 5.41) is 0. The van der Waals surface area contributed by atoms with Gasteiger partial charge in [-0.15, -0.1) is 0 Å². The maximum atomic E-state index is 2.43. The average molecular weight is 212 g/mol. The Bertz CT molecular complexity index is 137. The van der Waals surface area contributed by atoms with Gasteiger partial charge in [0.05, 0.1) is 0 Å². The van der Waals surface area contributed by atoms with Gasteiger partial charge in [0.25, 0.3) is 0 Å². The van der Waals surface area contributed by atoms with Crippen molar-refractivity contribution >= 4 is 0 Å². The SMILES string of the molecule is CCCC(C)CCC(C)CC(C)C(C)C. The summed E-state index contributed by atoms with van der Waals surface area (Å²) in [5.41, 5.74) is 0. The van der Waals surface area contributed by atoms with Crippen LogP contribution in [0.2, 0.25) is 0 Å². The second kappa shape index (κ2) is 8.19. The summed E-state index contributed by atoms with van der Waals surface area (Å²) in [6.07, 6.45) is 7.03. The van der Waals surface area contributed by atoms with Crippen LogP contribution in [-0.4, -0.2) is 0 Å². The first-order valence-electron chi connectivity index (χ1n) is 6.97. The molecule has 0 nitrogen and oxygen atoms in total. The average Bonchev–Trinajstić information content (AvgIpc) is 2.15. The van der Waals surface area contributed by atoms with E-state index in [1.807, 2.05) is 0 Å². The van der Waals surface area contributed by atoms with Gasteiger partial charge in [-0.25, -0.2) is 0 Å². The summed E-state index contributed by atoms with van der Waals surface area (Å²) in [6, 6.07) is 0. The van der Waals surface area contributed by atoms with Crippen LogP contribution in [0.4, 0.5) is 0 Å². The first-order chi connectivity index (χ1) is 6.97. The van der Waals surface area contributed by atoms with E-state index in [1.165, 1.54) is 32.1 Å². The molecule has 0 fully saturated rings. The largest absolute Gasteiger partial charge is 0.0654 e. The van der Waals surface area contributed by atoms with Crippen LogP contribution in [0.1, 0.15) is 73.6 Å². The highest BCUT2D eigenvalue weighted by molar-refractivity contribution is 4.64. The molecule has 0 rings (SSSR count). The van der Waals surface area contributed by atoms with Gasteiger partial charge in [-0.2, -0.15) is 0 Å². The molecule has 0 N–H and O–H groups in total. The van der Waals surface area contributed by atoms with Crippen molar-refractivity contribution in [2.45, 2.75) is 73.6 Å². The molecule has 0 saturated carbocycles. The number of hydrogen-bond acceptors (Lipinski definition) is 0. The second-order valence-electron chi connectivity index (χ2n) is 6.03. The first kappa shape index (κ1) is 15.0. The van der Waals surface area contributed by atoms with E-state index in [0.717, 1.165) is 23.7 Å². The van der Waals surface area contributed by atoms with Crippen LogP contribution >= 0.6 is 0 Å². The van der Waals surface area contributed by atoms with Gasteiger partial charge in [-0.3, -0.25) is 0 Å². The molecule has 0 heterocycles. The van der Waals surface area contributed by atoms with E-state index in [-0.39, 0.29) is 0 Å². The normalized spacial score (nSPS) is 17.8. The summed E-state index contributed by atoms with van der Waals surface area (Å²) >= 11 is 0. The van der Waals surface area contributed by atoms with Crippen LogP contribution in [0.15, 0.2) is 0 Å². The lowest BCUT2D eigenvalue weighted by atomic mass is 9.85. The molecule has 0 spiro atoms. The third kappa shape index (κ3) is 7.88. The lowest BCUT2D eigenvalue weighted by Gasteiger charge is -2.21. The third-order valence-corrected chi connectivity index (χ3v) is 3.85. The highest BCUT2D eigenvalue weighted by Gasteiger charge is 2.12. The van der Waals surface area contributed by atoms with Crippen molar-refractivity contribution < 1.29 is 0 Å². The molecule has 0 aliphatic heterocycles. The maximum Gasteiger partial charge on any atom is -0.0417 e. The summed E-state index contributed by atoms with van der Waals surface area (Å²) in [6.45, 7) is 14.2. The van der Waals surface area contributed by atoms with E-state index in [4.69, 9.17) is 0 Å². The van der Waals surface area contributed by atoms with E-state index in [2.05, 4.69) is 41.5 Å². The molecule has 0 aromatic rings. The smallest absolute Gasteiger partial charge is 0.0417 e. The van der Waals surface area contributed by atoms with Gasteiger partial charge in [0, 0.05) is 0 Å². The molecular weight excluding hydrogens is 180 g/mol. The monoisotopic (exact) mass is 212 g/mol. The predicted molar refractivity (Wildman–Crippen MR) is 71.1 cm³/mol. The molecule has 0 heteroatoms. The second-order valence-corrected chi connectivity index (χ2v) is 6.03. The Balaban J connectivity index is 3.60. The minimum absolute atomic E-state index is 0.848. The summed E-state index contributed by atoms with van der Waals surface area (Å²) in [7, 11) is 0. The van der Waals surface area contributed by atoms with Crippen LogP contribution < -0.4 is 0 Å². The summed E-state index contributed by atoms with van der Waals surface area (Å²) < 4.78 is 0. The minimum atomic E-state index is 0.848. The van der Waals surface area contributed by atoms with Gasteiger partial charge in [-0.05, 0) is 30.1 Å². The van der Waals surface area contributed by atoms with Crippen molar-refractivity contribution in [2.75, 3.05) is 0 Å². The van der Waals surface area contributed by atoms with Crippen LogP contribution in [-0.2, 0) is 0 Å². The summed E-state index contributed by atoms with van der Waals surface area (Å²) in [4.78, 5) is 0. The van der Waals surface area contributed by atoms with Crippen molar-refractivity contribution in [2.24, 2.45) is 23.7 Å². The van der Waals surface area contributed by atoms with Gasteiger partial charge in [0.1, 0.15) is 0 Å². The molecule has 0 aromatic carbocycles. The van der Waals surface area contributed by atoms with Crippen molar-refractivity contribution in [1.29, 1.82) is 0 Å². The molecule has 0 radical (unpaired) electrons. The Morgan fingerprint density at radius 2 is 1.27 bits per heavy atom. The molecule has 0 bridgehead atoms. The fourth-order valence-electron chi connectivity index (χ4n) is 2.23. The third-order valence-electron chi connectivity index (χ3n) is 3.85. The van der Waals surface area contributed by atoms with Crippen molar-refractivity contribution in [1.82, 2.24) is 0 Å². The van der Waals surface area contributed by atoms with E-state index >= 15 is 0 Å². The number of hydrogen-bond donors (Lipinski definition) is 0. The quantitative estimate of drug-likeness (QED) is 0.497. The summed E-state index contributed by atoms with van der Waals surface area (Å²) in [5.74, 6) is 3.59. The van der Waals surface area contributed by atoms with Gasteiger partial charge < -0.3 is 0 Å². The van der Waals surface area contributed by atoms with E-state index in [9.17, 15) is 0 Å². The maximum absolute atomic E-state index is 2.43. The fourth-order valence-corrected chi connectivity index (χ4v) is 2.23. The molecular formula is C15H32. The molecule has 3 atom stereocenters. The lowest BCUT2D eigenvalue weighted by molar-refractivity contribution is 0.303. The molecule has 15 heavy (non-hydrogen) atoms. The van der Waals surface area contributed by atoms with Crippen molar-refractivity contribution in [3.05, 3.63) is 0 Å². The number of rotatable bonds is 8. The molecule has 0 aliphatic carbocycles. The highest BCUT2D eigenvalue weighted by Crippen LogP contribution is 2.24. The van der Waals surface area contributed by atoms with Gasteiger partial charge >= 0.3 is 0 Å². The highest BCUT2D eigenvalue weighted by atomic mass is 14.2. The lowest BCUT2D eigenvalue weighted by Crippen LogP contribution is -2.10. The van der Waals surface area contributed by atoms with Crippen molar-refractivity contribution in [3.63, 3.8) is 0 Å². The Labute approximate surface area is 97.8 Å². The minimum Gasteiger partial charge on any atom is -0.0654 e. The first-order valence-corrected chi connectivity index (χ1v) is 6.97. The van der Waals surface area contributed by atoms with Crippen LogP contribution in [0, 0.1) is 23.7 Å². The fraction of sp³-hybridized carbons (Fsp3) is 1.00. The topological polar surface area (TPSA) is 0 Å². The van der Waals surface area contributed by atoms with E-state index < -0.39 is 0 Å². The Hall–Kier alpha value is 0. The van der Waals surface area contributed by atoms with Gasteiger partial charge in [0.2, 0.25) is 0 Å². The zero-order chi connectivity index (χ0) is 11.8. The van der Waals surface area contributed by atoms with Crippen LogP contribution in [0.25, 0.3) is 0 Å². The molecule has 3 unspecified atom stereocenters. The zero-order valence-corrected chi connectivity index (χ0v) is 11.8. The Morgan fingerprint density at radius 3 is 1.73 bits per heavy atom. The van der Waals surface area contributed by atoms with Crippen LogP contribution in [0.5, 0.6) is 0 Å².